The minimum Gasteiger partial charge on any atom is -0.484 e. The lowest BCUT2D eigenvalue weighted by Crippen LogP contribution is -2.59. The molecule has 166 valence electrons. The van der Waals surface area contributed by atoms with E-state index in [2.05, 4.69) is 0 Å². The minimum atomic E-state index is -4.02. The SMILES string of the molecule is CC(C)c1ccc(S(=O)(=O)N2CCN(C(=O)COc3ccccc3)CC2C(=O)O)cc1. The minimum absolute atomic E-state index is 0.0373. The van der Waals surface area contributed by atoms with Crippen LogP contribution in [0.1, 0.15) is 25.3 Å². The molecule has 1 N–H and O–H groups in total. The van der Waals surface area contributed by atoms with Crippen molar-refractivity contribution in [2.24, 2.45) is 0 Å². The molecule has 1 fully saturated rings. The van der Waals surface area contributed by atoms with E-state index in [1.807, 2.05) is 19.9 Å². The molecule has 1 unspecified atom stereocenters. The second-order valence-electron chi connectivity index (χ2n) is 7.64. The van der Waals surface area contributed by atoms with Crippen LogP contribution >= 0.6 is 0 Å². The Kier molecular flexibility index (Phi) is 6.97. The summed E-state index contributed by atoms with van der Waals surface area (Å²) < 4.78 is 32.6. The molecule has 2 aromatic rings. The number of ether oxygens (including phenoxy) is 1. The van der Waals surface area contributed by atoms with E-state index >= 15 is 0 Å². The highest BCUT2D eigenvalue weighted by Gasteiger charge is 2.41. The molecule has 8 nitrogen and oxygen atoms in total. The first-order valence-corrected chi connectivity index (χ1v) is 11.4. The summed E-state index contributed by atoms with van der Waals surface area (Å²) in [7, 11) is -4.02. The number of nitrogens with zero attached hydrogens (tertiary/aromatic N) is 2. The third-order valence-electron chi connectivity index (χ3n) is 5.23. The number of benzene rings is 2. The van der Waals surface area contributed by atoms with Crippen molar-refractivity contribution in [3.63, 3.8) is 0 Å². The lowest BCUT2D eigenvalue weighted by Gasteiger charge is -2.38. The monoisotopic (exact) mass is 446 g/mol. The van der Waals surface area contributed by atoms with Crippen molar-refractivity contribution in [3.8, 4) is 5.75 Å². The number of amides is 1. The molecule has 3 rings (SSSR count). The van der Waals surface area contributed by atoms with Crippen LogP contribution in [0.15, 0.2) is 59.5 Å². The number of para-hydroxylation sites is 1. The predicted octanol–water partition coefficient (Wildman–Crippen LogP) is 2.18. The van der Waals surface area contributed by atoms with Crippen LogP contribution in [-0.4, -0.2) is 66.9 Å². The Balaban J connectivity index is 1.72. The van der Waals surface area contributed by atoms with Crippen molar-refractivity contribution in [2.75, 3.05) is 26.2 Å². The Labute approximate surface area is 182 Å². The number of aliphatic carboxylic acids is 1. The molecule has 0 aromatic heterocycles. The molecule has 9 heteroatoms. The van der Waals surface area contributed by atoms with Crippen LogP contribution < -0.4 is 4.74 Å². The molecule has 0 spiro atoms. The van der Waals surface area contributed by atoms with E-state index in [9.17, 15) is 23.1 Å². The van der Waals surface area contributed by atoms with Crippen LogP contribution in [0.5, 0.6) is 5.75 Å². The molecule has 2 aromatic carbocycles. The summed E-state index contributed by atoms with van der Waals surface area (Å²) >= 11 is 0. The molecule has 1 saturated heterocycles. The van der Waals surface area contributed by atoms with E-state index < -0.39 is 27.9 Å². The topological polar surface area (TPSA) is 104 Å². The zero-order valence-corrected chi connectivity index (χ0v) is 18.3. The van der Waals surface area contributed by atoms with Gasteiger partial charge in [-0.2, -0.15) is 4.31 Å². The Morgan fingerprint density at radius 2 is 1.71 bits per heavy atom. The largest absolute Gasteiger partial charge is 0.484 e. The third-order valence-corrected chi connectivity index (χ3v) is 7.15. The van der Waals surface area contributed by atoms with Crippen LogP contribution in [-0.2, 0) is 19.6 Å². The molecule has 1 atom stereocenters. The third kappa shape index (κ3) is 5.23. The lowest BCUT2D eigenvalue weighted by atomic mass is 10.0. The van der Waals surface area contributed by atoms with Gasteiger partial charge in [-0.05, 0) is 35.7 Å². The maximum absolute atomic E-state index is 13.1. The summed E-state index contributed by atoms with van der Waals surface area (Å²) in [5.41, 5.74) is 0.988. The van der Waals surface area contributed by atoms with Gasteiger partial charge in [0.15, 0.2) is 6.61 Å². The molecule has 0 radical (unpaired) electrons. The van der Waals surface area contributed by atoms with E-state index in [4.69, 9.17) is 4.74 Å². The summed E-state index contributed by atoms with van der Waals surface area (Å²) in [6.45, 7) is 3.49. The van der Waals surface area contributed by atoms with E-state index in [1.165, 1.54) is 17.0 Å². The Hall–Kier alpha value is -2.91. The van der Waals surface area contributed by atoms with Crippen LogP contribution in [0.25, 0.3) is 0 Å². The fourth-order valence-electron chi connectivity index (χ4n) is 3.39. The van der Waals surface area contributed by atoms with E-state index in [1.54, 1.807) is 36.4 Å². The molecule has 1 heterocycles. The number of hydrogen-bond acceptors (Lipinski definition) is 5. The number of hydrogen-bond donors (Lipinski definition) is 1. The van der Waals surface area contributed by atoms with Gasteiger partial charge in [-0.15, -0.1) is 0 Å². The molecule has 1 aliphatic heterocycles. The van der Waals surface area contributed by atoms with Crippen LogP contribution in [0, 0.1) is 0 Å². The highest BCUT2D eigenvalue weighted by Crippen LogP contribution is 2.24. The molecule has 31 heavy (non-hydrogen) atoms. The van der Waals surface area contributed by atoms with Gasteiger partial charge < -0.3 is 14.7 Å². The van der Waals surface area contributed by atoms with Crippen molar-refractivity contribution in [2.45, 2.75) is 30.7 Å². The average molecular weight is 447 g/mol. The predicted molar refractivity (Wildman–Crippen MR) is 114 cm³/mol. The standard InChI is InChI=1S/C22H26N2O6S/c1-16(2)17-8-10-19(11-9-17)31(28,29)24-13-12-23(14-20(24)22(26)27)21(25)15-30-18-6-4-3-5-7-18/h3-11,16,20H,12-15H2,1-2H3,(H,26,27). The summed E-state index contributed by atoms with van der Waals surface area (Å²) in [5.74, 6) is -0.926. The van der Waals surface area contributed by atoms with Gasteiger partial charge in [0.1, 0.15) is 11.8 Å². The highest BCUT2D eigenvalue weighted by molar-refractivity contribution is 7.89. The first-order valence-electron chi connectivity index (χ1n) is 10.0. The summed E-state index contributed by atoms with van der Waals surface area (Å²) in [6.07, 6.45) is 0. The van der Waals surface area contributed by atoms with Gasteiger partial charge in [0.05, 0.1) is 4.90 Å². The van der Waals surface area contributed by atoms with Gasteiger partial charge in [-0.3, -0.25) is 9.59 Å². The molecule has 0 saturated carbocycles. The fraction of sp³-hybridized carbons (Fsp3) is 0.364. The second kappa shape index (κ2) is 9.49. The van der Waals surface area contributed by atoms with Crippen LogP contribution in [0.3, 0.4) is 0 Å². The average Bonchev–Trinajstić information content (AvgIpc) is 2.77. The summed E-state index contributed by atoms with van der Waals surface area (Å²) in [5, 5.41) is 9.67. The number of carboxylic acids is 1. The first-order chi connectivity index (χ1) is 14.7. The molecular weight excluding hydrogens is 420 g/mol. The maximum atomic E-state index is 13.1. The van der Waals surface area contributed by atoms with Gasteiger partial charge in [-0.25, -0.2) is 8.42 Å². The van der Waals surface area contributed by atoms with E-state index in [0.717, 1.165) is 9.87 Å². The van der Waals surface area contributed by atoms with E-state index in [0.29, 0.717) is 5.75 Å². The quantitative estimate of drug-likeness (QED) is 0.699. The van der Waals surface area contributed by atoms with Crippen molar-refractivity contribution < 1.29 is 27.9 Å². The Bertz CT molecular complexity index is 1020. The smallest absolute Gasteiger partial charge is 0.323 e. The Morgan fingerprint density at radius 3 is 2.29 bits per heavy atom. The van der Waals surface area contributed by atoms with Gasteiger partial charge in [0.2, 0.25) is 10.0 Å². The maximum Gasteiger partial charge on any atom is 0.323 e. The van der Waals surface area contributed by atoms with Crippen molar-refractivity contribution in [1.29, 1.82) is 0 Å². The van der Waals surface area contributed by atoms with Crippen LogP contribution in [0.2, 0.25) is 0 Å². The van der Waals surface area contributed by atoms with Gasteiger partial charge >= 0.3 is 5.97 Å². The van der Waals surface area contributed by atoms with Crippen molar-refractivity contribution in [3.05, 3.63) is 60.2 Å². The molecule has 0 bridgehead atoms. The second-order valence-corrected chi connectivity index (χ2v) is 9.53. The number of sulfonamides is 1. The van der Waals surface area contributed by atoms with Crippen molar-refractivity contribution >= 4 is 21.9 Å². The first kappa shape index (κ1) is 22.8. The lowest BCUT2D eigenvalue weighted by molar-refractivity contribution is -0.146. The highest BCUT2D eigenvalue weighted by atomic mass is 32.2. The zero-order valence-electron chi connectivity index (χ0n) is 17.5. The number of piperazine rings is 1. The van der Waals surface area contributed by atoms with Crippen molar-refractivity contribution in [1.82, 2.24) is 9.21 Å². The number of carbonyl (C=O) groups is 2. The fourth-order valence-corrected chi connectivity index (χ4v) is 4.96. The van der Waals surface area contributed by atoms with E-state index in [-0.39, 0.29) is 37.1 Å². The van der Waals surface area contributed by atoms with Crippen LogP contribution in [0.4, 0.5) is 0 Å². The Morgan fingerprint density at radius 1 is 1.06 bits per heavy atom. The molecule has 1 amide bonds. The summed E-state index contributed by atoms with van der Waals surface area (Å²) in [4.78, 5) is 25.7. The number of carboxylic acid groups (broad SMARTS) is 1. The van der Waals surface area contributed by atoms with Gasteiger partial charge in [-0.1, -0.05) is 44.2 Å². The summed E-state index contributed by atoms with van der Waals surface area (Å²) in [6, 6.07) is 13.9. The number of rotatable bonds is 7. The van der Waals surface area contributed by atoms with Gasteiger partial charge in [0, 0.05) is 19.6 Å². The molecular formula is C22H26N2O6S. The van der Waals surface area contributed by atoms with Gasteiger partial charge in [0.25, 0.3) is 5.91 Å². The normalized spacial score (nSPS) is 17.5. The molecule has 1 aliphatic rings. The number of carbonyl (C=O) groups excluding carboxylic acids is 1. The molecule has 0 aliphatic carbocycles. The zero-order chi connectivity index (χ0) is 22.6.